The van der Waals surface area contributed by atoms with Crippen LogP contribution >= 0.6 is 0 Å². The van der Waals surface area contributed by atoms with Crippen LogP contribution in [0.1, 0.15) is 75.3 Å². The molecule has 2 aliphatic carbocycles. The zero-order valence-corrected chi connectivity index (χ0v) is 23.3. The Morgan fingerprint density at radius 1 is 0.732 bits per heavy atom. The molecule has 1 unspecified atom stereocenters. The van der Waals surface area contributed by atoms with E-state index in [4.69, 9.17) is 0 Å². The summed E-state index contributed by atoms with van der Waals surface area (Å²) in [7, 11) is 0. The van der Waals surface area contributed by atoms with Crippen molar-refractivity contribution in [2.24, 2.45) is 11.8 Å². The minimum atomic E-state index is -4.37. The third-order valence-electron chi connectivity index (χ3n) is 9.30. The van der Waals surface area contributed by atoms with Gasteiger partial charge in [0.05, 0.1) is 22.9 Å². The van der Waals surface area contributed by atoms with Crippen molar-refractivity contribution < 1.29 is 18.0 Å². The first-order chi connectivity index (χ1) is 19.8. The van der Waals surface area contributed by atoms with Crippen LogP contribution < -0.4 is 16.0 Å². The first-order valence-electron chi connectivity index (χ1n) is 15.1. The van der Waals surface area contributed by atoms with Crippen molar-refractivity contribution in [1.29, 1.82) is 0 Å². The number of alkyl halides is 3. The van der Waals surface area contributed by atoms with Crippen LogP contribution in [0.15, 0.2) is 72.8 Å². The summed E-state index contributed by atoms with van der Waals surface area (Å²) in [5.41, 5.74) is 2.91. The van der Waals surface area contributed by atoms with Crippen molar-refractivity contribution in [1.82, 2.24) is 5.32 Å². The summed E-state index contributed by atoms with van der Waals surface area (Å²) in [6.07, 6.45) is 6.67. The third kappa shape index (κ3) is 5.68. The fourth-order valence-corrected chi connectivity index (χ4v) is 7.18. The summed E-state index contributed by atoms with van der Waals surface area (Å²) in [4.78, 5) is 14.3. The average molecular weight is 562 g/mol. The van der Waals surface area contributed by atoms with Gasteiger partial charge in [0.25, 0.3) is 0 Å². The Hall–Kier alpha value is -3.48. The molecule has 3 aliphatic rings. The van der Waals surface area contributed by atoms with E-state index in [0.717, 1.165) is 86.0 Å². The summed E-state index contributed by atoms with van der Waals surface area (Å²) in [5, 5.41) is 11.0. The van der Waals surface area contributed by atoms with Gasteiger partial charge in [-0.15, -0.1) is 0 Å². The number of para-hydroxylation sites is 2. The number of hydrogen-bond donors (Lipinski definition) is 3. The van der Waals surface area contributed by atoms with Gasteiger partial charge < -0.3 is 16.0 Å². The lowest BCUT2D eigenvalue weighted by Crippen LogP contribution is -2.56. The van der Waals surface area contributed by atoms with Crippen LogP contribution in [0, 0.1) is 11.8 Å². The lowest BCUT2D eigenvalue weighted by atomic mass is 9.71. The van der Waals surface area contributed by atoms with Gasteiger partial charge in [0.1, 0.15) is 5.66 Å². The van der Waals surface area contributed by atoms with Crippen LogP contribution in [0.2, 0.25) is 0 Å². The highest BCUT2D eigenvalue weighted by Gasteiger charge is 2.52. The van der Waals surface area contributed by atoms with E-state index in [-0.39, 0.29) is 23.8 Å². The smallest absolute Gasteiger partial charge is 0.357 e. The van der Waals surface area contributed by atoms with E-state index in [2.05, 4.69) is 16.0 Å². The molecule has 1 aliphatic heterocycles. The molecule has 2 saturated carbocycles. The van der Waals surface area contributed by atoms with E-state index in [1.54, 1.807) is 0 Å². The highest BCUT2D eigenvalue weighted by molar-refractivity contribution is 5.86. The molecule has 3 aromatic carbocycles. The molecule has 2 fully saturated rings. The predicted molar refractivity (Wildman–Crippen MR) is 157 cm³/mol. The van der Waals surface area contributed by atoms with Crippen molar-refractivity contribution in [2.75, 3.05) is 10.6 Å². The number of nitrogens with one attached hydrogen (secondary N) is 3. The normalized spacial score (nSPS) is 20.0. The molecule has 1 atom stereocenters. The Bertz CT molecular complexity index is 1320. The van der Waals surface area contributed by atoms with Crippen LogP contribution in [0.4, 0.5) is 24.5 Å². The Labute approximate surface area is 240 Å². The monoisotopic (exact) mass is 561 g/mol. The zero-order chi connectivity index (χ0) is 28.5. The Kier molecular flexibility index (Phi) is 7.71. The lowest BCUT2D eigenvalue weighted by Gasteiger charge is -2.44. The predicted octanol–water partition coefficient (Wildman–Crippen LogP) is 8.71. The van der Waals surface area contributed by atoms with Crippen molar-refractivity contribution in [2.45, 2.75) is 82.1 Å². The quantitative estimate of drug-likeness (QED) is 0.282. The summed E-state index contributed by atoms with van der Waals surface area (Å²) < 4.78 is 39.3. The van der Waals surface area contributed by atoms with Crippen LogP contribution in [0.25, 0.3) is 11.1 Å². The minimum absolute atomic E-state index is 0.100. The molecule has 0 radical (unpaired) electrons. The maximum Gasteiger partial charge on any atom is 0.416 e. The maximum absolute atomic E-state index is 14.3. The van der Waals surface area contributed by atoms with E-state index in [9.17, 15) is 18.0 Å². The molecular formula is C34H38F3N3O. The van der Waals surface area contributed by atoms with Crippen LogP contribution in [-0.4, -0.2) is 11.9 Å². The SMILES string of the molecule is O=C(NC1CCCCC1)C(C1CCCCC1)C1(c2ccc(-c3ccc(C(F)(F)F)cc3)cc2)Nc2ccccc2N1. The number of benzene rings is 3. The van der Waals surface area contributed by atoms with Gasteiger partial charge in [0.2, 0.25) is 5.91 Å². The number of carbonyl (C=O) groups is 1. The molecule has 1 heterocycles. The molecule has 41 heavy (non-hydrogen) atoms. The van der Waals surface area contributed by atoms with E-state index in [1.165, 1.54) is 25.0 Å². The minimum Gasteiger partial charge on any atom is -0.357 e. The van der Waals surface area contributed by atoms with Gasteiger partial charge in [-0.05, 0) is 72.6 Å². The van der Waals surface area contributed by atoms with E-state index in [0.29, 0.717) is 5.56 Å². The lowest BCUT2D eigenvalue weighted by molar-refractivity contribution is -0.137. The second-order valence-electron chi connectivity index (χ2n) is 12.0. The molecule has 0 aromatic heterocycles. The topological polar surface area (TPSA) is 53.2 Å². The number of rotatable bonds is 6. The molecule has 0 spiro atoms. The van der Waals surface area contributed by atoms with Gasteiger partial charge in [-0.2, -0.15) is 13.2 Å². The number of hydrogen-bond acceptors (Lipinski definition) is 3. The van der Waals surface area contributed by atoms with E-state index >= 15 is 0 Å². The molecule has 0 saturated heterocycles. The Balaban J connectivity index is 1.37. The van der Waals surface area contributed by atoms with Gasteiger partial charge >= 0.3 is 6.18 Å². The Morgan fingerprint density at radius 3 is 1.78 bits per heavy atom. The highest BCUT2D eigenvalue weighted by Crippen LogP contribution is 2.49. The number of fused-ring (bicyclic) bond motifs is 1. The Morgan fingerprint density at radius 2 is 1.24 bits per heavy atom. The fraction of sp³-hybridized carbons (Fsp3) is 0.441. The fourth-order valence-electron chi connectivity index (χ4n) is 7.18. The maximum atomic E-state index is 14.3. The number of amides is 1. The number of anilines is 2. The van der Waals surface area contributed by atoms with Crippen molar-refractivity contribution in [3.05, 3.63) is 83.9 Å². The molecule has 1 amide bonds. The molecule has 3 N–H and O–H groups in total. The highest BCUT2D eigenvalue weighted by atomic mass is 19.4. The number of carbonyl (C=O) groups excluding carboxylic acids is 1. The summed E-state index contributed by atoms with van der Waals surface area (Å²) >= 11 is 0. The van der Waals surface area contributed by atoms with Gasteiger partial charge in [0.15, 0.2) is 0 Å². The van der Waals surface area contributed by atoms with E-state index < -0.39 is 17.4 Å². The zero-order valence-electron chi connectivity index (χ0n) is 23.3. The first kappa shape index (κ1) is 27.7. The van der Waals surface area contributed by atoms with Gasteiger partial charge in [-0.1, -0.05) is 87.1 Å². The summed E-state index contributed by atoms with van der Waals surface area (Å²) in [6.45, 7) is 0. The van der Waals surface area contributed by atoms with Crippen molar-refractivity contribution in [3.63, 3.8) is 0 Å². The number of halogens is 3. The second kappa shape index (κ2) is 11.4. The molecular weight excluding hydrogens is 523 g/mol. The standard InChI is InChI=1S/C34H38F3N3O/c35-34(36,37)27-21-17-24(18-22-27)23-15-19-26(20-16-23)33(39-29-13-7-8-14-30(29)40-33)31(25-9-3-1-4-10-25)32(41)38-28-11-5-2-6-12-28/h7-8,13-22,25,28,31,39-40H,1-6,9-12H2,(H,38,41). The summed E-state index contributed by atoms with van der Waals surface area (Å²) in [5.74, 6) is -0.0197. The molecule has 216 valence electrons. The molecule has 3 aromatic rings. The van der Waals surface area contributed by atoms with Crippen LogP contribution in [0.3, 0.4) is 0 Å². The average Bonchev–Trinajstić information content (AvgIpc) is 3.38. The largest absolute Gasteiger partial charge is 0.416 e. The molecule has 0 bridgehead atoms. The second-order valence-corrected chi connectivity index (χ2v) is 12.0. The van der Waals surface area contributed by atoms with E-state index in [1.807, 2.05) is 48.5 Å². The molecule has 7 heteroatoms. The molecule has 6 rings (SSSR count). The van der Waals surface area contributed by atoms with Crippen molar-refractivity contribution >= 4 is 17.3 Å². The first-order valence-corrected chi connectivity index (χ1v) is 15.1. The van der Waals surface area contributed by atoms with Gasteiger partial charge in [0, 0.05) is 6.04 Å². The molecule has 4 nitrogen and oxygen atoms in total. The van der Waals surface area contributed by atoms with Crippen LogP contribution in [-0.2, 0) is 16.6 Å². The van der Waals surface area contributed by atoms with Gasteiger partial charge in [-0.3, -0.25) is 4.79 Å². The van der Waals surface area contributed by atoms with Gasteiger partial charge in [-0.25, -0.2) is 0 Å². The van der Waals surface area contributed by atoms with Crippen molar-refractivity contribution in [3.8, 4) is 11.1 Å². The third-order valence-corrected chi connectivity index (χ3v) is 9.30. The van der Waals surface area contributed by atoms with Crippen LogP contribution in [0.5, 0.6) is 0 Å². The summed E-state index contributed by atoms with van der Waals surface area (Å²) in [6, 6.07) is 21.5.